The summed E-state index contributed by atoms with van der Waals surface area (Å²) in [7, 11) is 0. The van der Waals surface area contributed by atoms with Crippen molar-refractivity contribution in [2.24, 2.45) is 11.1 Å². The van der Waals surface area contributed by atoms with Crippen LogP contribution >= 0.6 is 24.8 Å². The van der Waals surface area contributed by atoms with Crippen LogP contribution in [0.3, 0.4) is 0 Å². The Balaban J connectivity index is 0. The Morgan fingerprint density at radius 3 is 2.10 bits per heavy atom. The predicted octanol–water partition coefficient (Wildman–Crippen LogP) is 2.54. The Morgan fingerprint density at radius 1 is 1.19 bits per heavy atom. The first-order valence-corrected chi connectivity index (χ1v) is 7.81. The molecule has 0 aromatic carbocycles. The van der Waals surface area contributed by atoms with Crippen LogP contribution in [-0.4, -0.2) is 54.5 Å². The topological polar surface area (TPSA) is 49.6 Å². The summed E-state index contributed by atoms with van der Waals surface area (Å²) in [5.74, 6) is 0.273. The Morgan fingerprint density at radius 2 is 1.71 bits per heavy atom. The van der Waals surface area contributed by atoms with Crippen LogP contribution in [0.5, 0.6) is 0 Å². The van der Waals surface area contributed by atoms with Crippen LogP contribution in [0.4, 0.5) is 0 Å². The zero-order valence-electron chi connectivity index (χ0n) is 13.9. The molecule has 128 valence electrons. The van der Waals surface area contributed by atoms with Crippen LogP contribution in [-0.2, 0) is 4.79 Å². The Kier molecular flexibility index (Phi) is 11.8. The molecule has 2 N–H and O–H groups in total. The molecule has 1 atom stereocenters. The number of likely N-dealkylation sites (N-methyl/N-ethyl adjacent to an activating group) is 1. The van der Waals surface area contributed by atoms with Gasteiger partial charge in [0.15, 0.2) is 0 Å². The van der Waals surface area contributed by atoms with Crippen molar-refractivity contribution in [3.8, 4) is 0 Å². The van der Waals surface area contributed by atoms with Crippen molar-refractivity contribution >= 4 is 30.7 Å². The van der Waals surface area contributed by atoms with Gasteiger partial charge < -0.3 is 10.6 Å². The molecule has 1 amide bonds. The fourth-order valence-electron chi connectivity index (χ4n) is 3.23. The maximum atomic E-state index is 12.7. The normalized spacial score (nSPS) is 18.4. The highest BCUT2D eigenvalue weighted by Gasteiger charge is 2.40. The van der Waals surface area contributed by atoms with Gasteiger partial charge in [-0.1, -0.05) is 27.7 Å². The summed E-state index contributed by atoms with van der Waals surface area (Å²) in [6, 6.07) is 0.531. The number of halogens is 2. The van der Waals surface area contributed by atoms with Crippen molar-refractivity contribution in [3.05, 3.63) is 0 Å². The minimum Gasteiger partial charge on any atom is -0.341 e. The van der Waals surface area contributed by atoms with E-state index in [2.05, 4.69) is 32.6 Å². The summed E-state index contributed by atoms with van der Waals surface area (Å²) >= 11 is 0. The number of nitrogens with zero attached hydrogens (tertiary/aromatic N) is 2. The van der Waals surface area contributed by atoms with Crippen LogP contribution in [0, 0.1) is 5.41 Å². The molecule has 0 aliphatic carbocycles. The monoisotopic (exact) mass is 341 g/mol. The third kappa shape index (κ3) is 4.98. The molecule has 1 fully saturated rings. The van der Waals surface area contributed by atoms with Crippen LogP contribution in [0.1, 0.15) is 47.0 Å². The molecule has 1 rings (SSSR count). The second-order valence-corrected chi connectivity index (χ2v) is 5.61. The van der Waals surface area contributed by atoms with E-state index < -0.39 is 0 Å². The molecule has 0 saturated carbocycles. The third-order valence-corrected chi connectivity index (χ3v) is 4.98. The number of carbonyl (C=O) groups excluding carboxylic acids is 1. The van der Waals surface area contributed by atoms with Crippen molar-refractivity contribution in [1.29, 1.82) is 0 Å². The van der Waals surface area contributed by atoms with Gasteiger partial charge >= 0.3 is 0 Å². The van der Waals surface area contributed by atoms with Gasteiger partial charge in [-0.25, -0.2) is 0 Å². The third-order valence-electron chi connectivity index (χ3n) is 4.98. The van der Waals surface area contributed by atoms with Crippen LogP contribution in [0.2, 0.25) is 0 Å². The minimum absolute atomic E-state index is 0. The van der Waals surface area contributed by atoms with Crippen molar-refractivity contribution in [2.45, 2.75) is 53.0 Å². The number of nitrogens with two attached hydrogens (primary N) is 1. The molecule has 0 radical (unpaired) electrons. The van der Waals surface area contributed by atoms with E-state index in [1.165, 1.54) is 0 Å². The number of likely N-dealkylation sites (tertiary alicyclic amines) is 1. The fraction of sp³-hybridized carbons (Fsp3) is 0.933. The minimum atomic E-state index is -0.335. The van der Waals surface area contributed by atoms with E-state index in [1.54, 1.807) is 0 Å². The highest BCUT2D eigenvalue weighted by Crippen LogP contribution is 2.30. The van der Waals surface area contributed by atoms with Gasteiger partial charge in [-0.3, -0.25) is 9.69 Å². The number of hydrogen-bond donors (Lipinski definition) is 1. The largest absolute Gasteiger partial charge is 0.341 e. The van der Waals surface area contributed by atoms with E-state index >= 15 is 0 Å². The van der Waals surface area contributed by atoms with Gasteiger partial charge in [-0.05, 0) is 32.4 Å². The van der Waals surface area contributed by atoms with Crippen molar-refractivity contribution in [2.75, 3.05) is 32.7 Å². The molecule has 0 bridgehead atoms. The number of hydrogen-bond acceptors (Lipinski definition) is 3. The molecule has 1 aliphatic heterocycles. The standard InChI is InChI=1S/C15H31N3O.2ClH/c1-5-15(6-2,12-16)14(19)18-10-9-13(11-18)17(7-3)8-4;;/h13H,5-12,16H2,1-4H3;2*1H. The lowest BCUT2D eigenvalue weighted by atomic mass is 9.81. The average molecular weight is 342 g/mol. The van der Waals surface area contributed by atoms with Gasteiger partial charge in [-0.15, -0.1) is 24.8 Å². The Labute approximate surface area is 142 Å². The highest BCUT2D eigenvalue weighted by atomic mass is 35.5. The Hall–Kier alpha value is -0.0300. The summed E-state index contributed by atoms with van der Waals surface area (Å²) < 4.78 is 0. The average Bonchev–Trinajstić information content (AvgIpc) is 2.92. The first-order valence-electron chi connectivity index (χ1n) is 7.81. The van der Waals surface area contributed by atoms with Crippen molar-refractivity contribution in [1.82, 2.24) is 9.80 Å². The molecular weight excluding hydrogens is 309 g/mol. The van der Waals surface area contributed by atoms with Gasteiger partial charge in [0.05, 0.1) is 5.41 Å². The van der Waals surface area contributed by atoms with E-state index in [1.807, 2.05) is 4.90 Å². The van der Waals surface area contributed by atoms with Crippen LogP contribution in [0.15, 0.2) is 0 Å². The molecule has 1 unspecified atom stereocenters. The number of rotatable bonds is 7. The fourth-order valence-corrected chi connectivity index (χ4v) is 3.23. The summed E-state index contributed by atoms with van der Waals surface area (Å²) in [4.78, 5) is 17.2. The molecule has 0 spiro atoms. The first-order chi connectivity index (χ1) is 9.08. The second kappa shape index (κ2) is 10.7. The molecule has 6 heteroatoms. The SMILES string of the molecule is CCN(CC)C1CCN(C(=O)C(CC)(CC)CN)C1.Cl.Cl. The summed E-state index contributed by atoms with van der Waals surface area (Å²) in [6.45, 7) is 12.9. The van der Waals surface area contributed by atoms with E-state index in [9.17, 15) is 4.79 Å². The molecule has 4 nitrogen and oxygen atoms in total. The lowest BCUT2D eigenvalue weighted by molar-refractivity contribution is -0.141. The number of amides is 1. The lowest BCUT2D eigenvalue weighted by Crippen LogP contribution is -2.48. The van der Waals surface area contributed by atoms with Gasteiger partial charge in [0.1, 0.15) is 0 Å². The molecular formula is C15H33Cl2N3O. The van der Waals surface area contributed by atoms with E-state index in [0.29, 0.717) is 12.6 Å². The lowest BCUT2D eigenvalue weighted by Gasteiger charge is -2.34. The molecule has 0 aromatic rings. The smallest absolute Gasteiger partial charge is 0.230 e. The zero-order chi connectivity index (χ0) is 14.5. The molecule has 21 heavy (non-hydrogen) atoms. The van der Waals surface area contributed by atoms with Crippen LogP contribution < -0.4 is 5.73 Å². The zero-order valence-corrected chi connectivity index (χ0v) is 15.6. The van der Waals surface area contributed by atoms with Crippen molar-refractivity contribution in [3.63, 3.8) is 0 Å². The quantitative estimate of drug-likeness (QED) is 0.774. The number of carbonyl (C=O) groups is 1. The predicted molar refractivity (Wildman–Crippen MR) is 94.5 cm³/mol. The maximum absolute atomic E-state index is 12.7. The van der Waals surface area contributed by atoms with Gasteiger partial charge in [0, 0.05) is 25.7 Å². The molecule has 1 aliphatic rings. The molecule has 1 heterocycles. The molecule has 1 saturated heterocycles. The van der Waals surface area contributed by atoms with Gasteiger partial charge in [-0.2, -0.15) is 0 Å². The summed E-state index contributed by atoms with van der Waals surface area (Å²) in [6.07, 6.45) is 2.78. The van der Waals surface area contributed by atoms with E-state index in [-0.39, 0.29) is 36.1 Å². The van der Waals surface area contributed by atoms with E-state index in [4.69, 9.17) is 5.73 Å². The van der Waals surface area contributed by atoms with E-state index in [0.717, 1.165) is 45.4 Å². The summed E-state index contributed by atoms with van der Waals surface area (Å²) in [5, 5.41) is 0. The first kappa shape index (κ1) is 23.2. The van der Waals surface area contributed by atoms with Crippen molar-refractivity contribution < 1.29 is 4.79 Å². The summed E-state index contributed by atoms with van der Waals surface area (Å²) in [5.41, 5.74) is 5.55. The Bertz CT molecular complexity index is 286. The van der Waals surface area contributed by atoms with Crippen LogP contribution in [0.25, 0.3) is 0 Å². The molecule has 0 aromatic heterocycles. The second-order valence-electron chi connectivity index (χ2n) is 5.61. The van der Waals surface area contributed by atoms with Gasteiger partial charge in [0.2, 0.25) is 5.91 Å². The van der Waals surface area contributed by atoms with Gasteiger partial charge in [0.25, 0.3) is 0 Å². The highest BCUT2D eigenvalue weighted by molar-refractivity contribution is 5.85. The maximum Gasteiger partial charge on any atom is 0.230 e.